The van der Waals surface area contributed by atoms with Crippen LogP contribution in [0.1, 0.15) is 39.0 Å². The molecule has 1 fully saturated rings. The minimum absolute atomic E-state index is 0.0828. The molecule has 20 heavy (non-hydrogen) atoms. The van der Waals surface area contributed by atoms with Crippen LogP contribution in [0, 0.1) is 0 Å². The van der Waals surface area contributed by atoms with Gasteiger partial charge in [0.25, 0.3) is 0 Å². The lowest BCUT2D eigenvalue weighted by Gasteiger charge is -2.28. The van der Waals surface area contributed by atoms with Crippen LogP contribution in [0.15, 0.2) is 23.1 Å². The zero-order chi connectivity index (χ0) is 14.8. The molecule has 0 aliphatic carbocycles. The molecule has 1 heterocycles. The van der Waals surface area contributed by atoms with Gasteiger partial charge in [-0.15, -0.1) is 0 Å². The fourth-order valence-electron chi connectivity index (χ4n) is 2.69. The first-order valence-corrected chi connectivity index (χ1v) is 8.85. The van der Waals surface area contributed by atoms with Crippen molar-refractivity contribution in [1.82, 2.24) is 4.31 Å². The molecule has 1 aliphatic rings. The summed E-state index contributed by atoms with van der Waals surface area (Å²) in [6.45, 7) is 2.62. The van der Waals surface area contributed by atoms with E-state index < -0.39 is 10.0 Å². The highest BCUT2D eigenvalue weighted by Gasteiger charge is 2.31. The molecule has 6 heteroatoms. The number of rotatable bonds is 3. The van der Waals surface area contributed by atoms with Crippen LogP contribution in [0.25, 0.3) is 0 Å². The third-order valence-electron chi connectivity index (χ3n) is 3.87. The van der Waals surface area contributed by atoms with Crippen LogP contribution in [0.4, 0.5) is 5.69 Å². The Kier molecular flexibility index (Phi) is 4.94. The number of hydrogen-bond donors (Lipinski definition) is 1. The smallest absolute Gasteiger partial charge is 0.243 e. The monoisotopic (exact) mass is 316 g/mol. The lowest BCUT2D eigenvalue weighted by Crippen LogP contribution is -2.39. The predicted octanol–water partition coefficient (Wildman–Crippen LogP) is 3.27. The van der Waals surface area contributed by atoms with Crippen LogP contribution >= 0.6 is 11.6 Å². The number of sulfonamides is 1. The molecule has 112 valence electrons. The molecular weight excluding hydrogens is 296 g/mol. The van der Waals surface area contributed by atoms with E-state index in [9.17, 15) is 8.42 Å². The number of benzene rings is 1. The van der Waals surface area contributed by atoms with Crippen molar-refractivity contribution in [3.05, 3.63) is 23.2 Å². The Morgan fingerprint density at radius 2 is 2.10 bits per heavy atom. The van der Waals surface area contributed by atoms with Gasteiger partial charge < -0.3 is 5.73 Å². The zero-order valence-corrected chi connectivity index (χ0v) is 13.3. The molecule has 1 atom stereocenters. The van der Waals surface area contributed by atoms with E-state index in [1.165, 1.54) is 12.1 Å². The van der Waals surface area contributed by atoms with Crippen LogP contribution < -0.4 is 5.73 Å². The minimum Gasteiger partial charge on any atom is -0.397 e. The fraction of sp³-hybridized carbons (Fsp3) is 0.571. The third-order valence-corrected chi connectivity index (χ3v) is 6.16. The van der Waals surface area contributed by atoms with E-state index in [4.69, 9.17) is 17.3 Å². The number of halogens is 1. The van der Waals surface area contributed by atoms with Crippen molar-refractivity contribution in [1.29, 1.82) is 0 Å². The molecule has 1 aromatic carbocycles. The number of hydrogen-bond acceptors (Lipinski definition) is 3. The molecule has 2 rings (SSSR count). The normalized spacial score (nSPS) is 21.6. The SMILES string of the molecule is CCC1CCCCCN1S(=O)(=O)c1ccc(Cl)c(N)c1. The van der Waals surface area contributed by atoms with Crippen LogP contribution in [0.5, 0.6) is 0 Å². The highest BCUT2D eigenvalue weighted by molar-refractivity contribution is 7.89. The van der Waals surface area contributed by atoms with Crippen molar-refractivity contribution in [2.45, 2.75) is 50.0 Å². The highest BCUT2D eigenvalue weighted by Crippen LogP contribution is 2.29. The Hall–Kier alpha value is -0.780. The number of nitrogen functional groups attached to an aromatic ring is 1. The first kappa shape index (κ1) is 15.6. The van der Waals surface area contributed by atoms with Crippen molar-refractivity contribution in [2.75, 3.05) is 12.3 Å². The molecule has 1 unspecified atom stereocenters. The summed E-state index contributed by atoms with van der Waals surface area (Å²) in [6.07, 6.45) is 4.86. The molecule has 0 saturated carbocycles. The summed E-state index contributed by atoms with van der Waals surface area (Å²) in [4.78, 5) is 0.236. The molecule has 4 nitrogen and oxygen atoms in total. The minimum atomic E-state index is -3.49. The molecule has 1 aromatic rings. The van der Waals surface area contributed by atoms with Crippen molar-refractivity contribution in [3.8, 4) is 0 Å². The van der Waals surface area contributed by atoms with Gasteiger partial charge in [-0.25, -0.2) is 8.42 Å². The average molecular weight is 317 g/mol. The Bertz CT molecular complexity index is 575. The second-order valence-electron chi connectivity index (χ2n) is 5.21. The molecule has 0 aromatic heterocycles. The quantitative estimate of drug-likeness (QED) is 0.870. The van der Waals surface area contributed by atoms with E-state index in [0.717, 1.165) is 32.1 Å². The zero-order valence-electron chi connectivity index (χ0n) is 11.7. The van der Waals surface area contributed by atoms with Gasteiger partial charge in [0.05, 0.1) is 15.6 Å². The maximum Gasteiger partial charge on any atom is 0.243 e. The maximum absolute atomic E-state index is 12.8. The van der Waals surface area contributed by atoms with E-state index in [2.05, 4.69) is 0 Å². The summed E-state index contributed by atoms with van der Waals surface area (Å²) >= 11 is 5.87. The van der Waals surface area contributed by atoms with E-state index >= 15 is 0 Å². The first-order chi connectivity index (χ1) is 9.46. The summed E-state index contributed by atoms with van der Waals surface area (Å²) in [5.74, 6) is 0. The van der Waals surface area contributed by atoms with Gasteiger partial charge in [-0.1, -0.05) is 31.4 Å². The molecule has 0 radical (unpaired) electrons. The van der Waals surface area contributed by atoms with Gasteiger partial charge in [0.15, 0.2) is 0 Å². The van der Waals surface area contributed by atoms with E-state index in [1.54, 1.807) is 10.4 Å². The highest BCUT2D eigenvalue weighted by atomic mass is 35.5. The second-order valence-corrected chi connectivity index (χ2v) is 7.51. The largest absolute Gasteiger partial charge is 0.397 e. The third kappa shape index (κ3) is 3.10. The van der Waals surface area contributed by atoms with Crippen LogP contribution in [-0.4, -0.2) is 25.3 Å². The summed E-state index contributed by atoms with van der Waals surface area (Å²) in [5.41, 5.74) is 6.03. The summed E-state index contributed by atoms with van der Waals surface area (Å²) < 4.78 is 27.2. The van der Waals surface area contributed by atoms with Gasteiger partial charge in [-0.3, -0.25) is 0 Å². The van der Waals surface area contributed by atoms with Crippen LogP contribution in [-0.2, 0) is 10.0 Å². The Labute approximate surface area is 126 Å². The van der Waals surface area contributed by atoms with Gasteiger partial charge in [0.1, 0.15) is 0 Å². The Morgan fingerprint density at radius 1 is 1.35 bits per heavy atom. The van der Waals surface area contributed by atoms with Crippen LogP contribution in [0.3, 0.4) is 0 Å². The number of nitrogens with two attached hydrogens (primary N) is 1. The van der Waals surface area contributed by atoms with Crippen molar-refractivity contribution < 1.29 is 8.42 Å². The second kappa shape index (κ2) is 6.33. The fourth-order valence-corrected chi connectivity index (χ4v) is 4.61. The molecule has 0 bridgehead atoms. The molecule has 0 spiro atoms. The van der Waals surface area contributed by atoms with Gasteiger partial charge >= 0.3 is 0 Å². The van der Waals surface area contributed by atoms with Crippen molar-refractivity contribution in [3.63, 3.8) is 0 Å². The Balaban J connectivity index is 2.38. The number of anilines is 1. The lowest BCUT2D eigenvalue weighted by atomic mass is 10.1. The summed E-state index contributed by atoms with van der Waals surface area (Å²) in [7, 11) is -3.49. The maximum atomic E-state index is 12.8. The topological polar surface area (TPSA) is 63.4 Å². The summed E-state index contributed by atoms with van der Waals surface area (Å²) in [6, 6.07) is 4.61. The molecule has 2 N–H and O–H groups in total. The standard InChI is InChI=1S/C14H21ClN2O2S/c1-2-11-6-4-3-5-9-17(11)20(18,19)12-7-8-13(15)14(16)10-12/h7-8,10-11H,2-6,9,16H2,1H3. The van der Waals surface area contributed by atoms with Crippen LogP contribution in [0.2, 0.25) is 5.02 Å². The average Bonchev–Trinajstić information content (AvgIpc) is 2.67. The van der Waals surface area contributed by atoms with Gasteiger partial charge in [-0.2, -0.15) is 4.31 Å². The van der Waals surface area contributed by atoms with Gasteiger partial charge in [0.2, 0.25) is 10.0 Å². The van der Waals surface area contributed by atoms with Crippen molar-refractivity contribution in [2.24, 2.45) is 0 Å². The van der Waals surface area contributed by atoms with Gasteiger partial charge in [0, 0.05) is 12.6 Å². The van der Waals surface area contributed by atoms with Crippen molar-refractivity contribution >= 4 is 27.3 Å². The Morgan fingerprint density at radius 3 is 2.75 bits per heavy atom. The molecular formula is C14H21ClN2O2S. The molecule has 1 aliphatic heterocycles. The summed E-state index contributed by atoms with van der Waals surface area (Å²) in [5, 5.41) is 0.381. The predicted molar refractivity (Wildman–Crippen MR) is 82.3 cm³/mol. The van der Waals surface area contributed by atoms with Gasteiger partial charge in [-0.05, 0) is 37.5 Å². The lowest BCUT2D eigenvalue weighted by molar-refractivity contribution is 0.315. The molecule has 1 saturated heterocycles. The van der Waals surface area contributed by atoms with E-state index in [1.807, 2.05) is 6.92 Å². The molecule has 0 amide bonds. The van der Waals surface area contributed by atoms with E-state index in [0.29, 0.717) is 17.3 Å². The number of nitrogens with zero attached hydrogens (tertiary/aromatic N) is 1. The first-order valence-electron chi connectivity index (χ1n) is 7.03. The van der Waals surface area contributed by atoms with E-state index in [-0.39, 0.29) is 10.9 Å².